The summed E-state index contributed by atoms with van der Waals surface area (Å²) in [7, 11) is 1.03. The van der Waals surface area contributed by atoms with E-state index >= 15 is 0 Å². The lowest BCUT2D eigenvalue weighted by molar-refractivity contribution is 0.203. The molecule has 37 heavy (non-hydrogen) atoms. The molecule has 4 rings (SSSR count). The molecule has 0 N–H and O–H groups in total. The number of hydrogen-bond donors (Lipinski definition) is 0. The third kappa shape index (κ3) is 5.81. The Labute approximate surface area is 224 Å². The van der Waals surface area contributed by atoms with Crippen molar-refractivity contribution >= 4 is 27.3 Å². The van der Waals surface area contributed by atoms with Gasteiger partial charge in [0.05, 0.1) is 31.9 Å². The molecule has 198 valence electrons. The largest absolute Gasteiger partial charge is 0.493 e. The Morgan fingerprint density at radius 1 is 0.865 bits per heavy atom. The van der Waals surface area contributed by atoms with Gasteiger partial charge in [0.15, 0.2) is 11.5 Å². The van der Waals surface area contributed by atoms with Crippen LogP contribution in [0.4, 0.5) is 5.69 Å². The molecule has 1 saturated heterocycles. The average molecular weight is 545 g/mol. The minimum Gasteiger partial charge on any atom is -0.493 e. The molecule has 3 aromatic rings. The molecule has 0 aliphatic carbocycles. The quantitative estimate of drug-likeness (QED) is 0.352. The Morgan fingerprint density at radius 2 is 1.49 bits per heavy atom. The molecule has 0 spiro atoms. The van der Waals surface area contributed by atoms with E-state index in [9.17, 15) is 8.42 Å². The van der Waals surface area contributed by atoms with Gasteiger partial charge in [0.2, 0.25) is 5.75 Å². The lowest BCUT2D eigenvalue weighted by atomic mass is 10.0. The van der Waals surface area contributed by atoms with Gasteiger partial charge >= 0.3 is 0 Å². The number of rotatable bonds is 9. The second kappa shape index (κ2) is 11.6. The van der Waals surface area contributed by atoms with Crippen molar-refractivity contribution in [2.45, 2.75) is 37.2 Å². The highest BCUT2D eigenvalue weighted by molar-refractivity contribution is 7.92. The van der Waals surface area contributed by atoms with Crippen LogP contribution in [0.3, 0.4) is 0 Å². The number of likely N-dealkylation sites (tertiary alicyclic amines) is 1. The number of hydrogen-bond acceptors (Lipinski definition) is 6. The molecular weight excluding hydrogens is 512 g/mol. The Bertz CT molecular complexity index is 1310. The molecule has 7 nitrogen and oxygen atoms in total. The molecule has 0 amide bonds. The molecule has 3 aromatic carbocycles. The Morgan fingerprint density at radius 3 is 2.05 bits per heavy atom. The minimum absolute atomic E-state index is 0.174. The van der Waals surface area contributed by atoms with Crippen LogP contribution in [-0.4, -0.2) is 53.8 Å². The van der Waals surface area contributed by atoms with Gasteiger partial charge in [-0.3, -0.25) is 9.21 Å². The maximum absolute atomic E-state index is 13.8. The summed E-state index contributed by atoms with van der Waals surface area (Å²) in [5.41, 5.74) is 2.73. The first-order valence-corrected chi connectivity index (χ1v) is 14.0. The van der Waals surface area contributed by atoms with Gasteiger partial charge in [-0.05, 0) is 62.2 Å². The fourth-order valence-corrected chi connectivity index (χ4v) is 6.63. The van der Waals surface area contributed by atoms with E-state index in [1.54, 1.807) is 49.9 Å². The van der Waals surface area contributed by atoms with Crippen LogP contribution >= 0.6 is 11.6 Å². The normalized spacial score (nSPS) is 14.8. The highest BCUT2D eigenvalue weighted by Crippen LogP contribution is 2.40. The highest BCUT2D eigenvalue weighted by Gasteiger charge is 2.34. The number of nitrogens with zero attached hydrogens (tertiary/aromatic N) is 2. The second-order valence-corrected chi connectivity index (χ2v) is 11.3. The zero-order chi connectivity index (χ0) is 26.6. The van der Waals surface area contributed by atoms with Crippen molar-refractivity contribution in [3.8, 4) is 17.2 Å². The van der Waals surface area contributed by atoms with Crippen molar-refractivity contribution in [1.82, 2.24) is 4.90 Å². The minimum atomic E-state index is -3.78. The topological polar surface area (TPSA) is 68.3 Å². The van der Waals surface area contributed by atoms with Crippen LogP contribution in [0.2, 0.25) is 5.02 Å². The van der Waals surface area contributed by atoms with Gasteiger partial charge < -0.3 is 14.2 Å². The van der Waals surface area contributed by atoms with Crippen LogP contribution in [0.1, 0.15) is 24.0 Å². The van der Waals surface area contributed by atoms with E-state index in [0.717, 1.165) is 24.2 Å². The molecule has 0 bridgehead atoms. The average Bonchev–Trinajstić information content (AvgIpc) is 2.90. The van der Waals surface area contributed by atoms with Gasteiger partial charge in [-0.1, -0.05) is 35.4 Å². The fraction of sp³-hybridized carbons (Fsp3) is 0.357. The van der Waals surface area contributed by atoms with Crippen LogP contribution in [0.15, 0.2) is 65.6 Å². The van der Waals surface area contributed by atoms with Crippen molar-refractivity contribution in [2.75, 3.05) is 38.7 Å². The summed E-state index contributed by atoms with van der Waals surface area (Å²) in [5.74, 6) is 1.83. The van der Waals surface area contributed by atoms with E-state index in [4.69, 9.17) is 25.8 Å². The molecule has 0 saturated carbocycles. The summed E-state index contributed by atoms with van der Waals surface area (Å²) >= 11 is 6.03. The molecule has 1 fully saturated rings. The maximum atomic E-state index is 13.8. The first kappa shape index (κ1) is 27.1. The molecule has 1 aliphatic rings. The van der Waals surface area contributed by atoms with Gasteiger partial charge in [0, 0.05) is 36.3 Å². The summed E-state index contributed by atoms with van der Waals surface area (Å²) < 4.78 is 45.9. The highest BCUT2D eigenvalue weighted by atomic mass is 35.5. The van der Waals surface area contributed by atoms with Gasteiger partial charge in [0.1, 0.15) is 0 Å². The summed E-state index contributed by atoms with van der Waals surface area (Å²) in [6.07, 6.45) is 1.38. The first-order valence-electron chi connectivity index (χ1n) is 12.2. The van der Waals surface area contributed by atoms with E-state index in [1.165, 1.54) is 0 Å². The SMILES string of the molecule is COc1ccc(CN2CCC(N(c3ccc(C)cc3)S(=O)(=O)c3ccc(Cl)cc3)CC2)c(OC)c1OC. The van der Waals surface area contributed by atoms with Gasteiger partial charge in [-0.25, -0.2) is 8.42 Å². The summed E-state index contributed by atoms with van der Waals surface area (Å²) in [6.45, 7) is 4.12. The zero-order valence-electron chi connectivity index (χ0n) is 21.6. The van der Waals surface area contributed by atoms with Crippen LogP contribution in [0.5, 0.6) is 17.2 Å². The van der Waals surface area contributed by atoms with Crippen molar-refractivity contribution in [3.63, 3.8) is 0 Å². The van der Waals surface area contributed by atoms with Gasteiger partial charge in [-0.2, -0.15) is 0 Å². The number of benzene rings is 3. The predicted octanol–water partition coefficient (Wildman–Crippen LogP) is 5.53. The van der Waals surface area contributed by atoms with E-state index in [2.05, 4.69) is 4.90 Å². The lowest BCUT2D eigenvalue weighted by Crippen LogP contribution is -2.47. The molecule has 0 aromatic heterocycles. The number of sulfonamides is 1. The number of anilines is 1. The smallest absolute Gasteiger partial charge is 0.264 e. The third-order valence-electron chi connectivity index (χ3n) is 6.73. The summed E-state index contributed by atoms with van der Waals surface area (Å²) in [5, 5.41) is 0.500. The fourth-order valence-electron chi connectivity index (χ4n) is 4.80. The van der Waals surface area contributed by atoms with E-state index in [1.807, 2.05) is 43.3 Å². The monoisotopic (exact) mass is 544 g/mol. The van der Waals surface area contributed by atoms with E-state index in [0.29, 0.717) is 47.3 Å². The molecule has 0 radical (unpaired) electrons. The van der Waals surface area contributed by atoms with Gasteiger partial charge in [0.25, 0.3) is 10.0 Å². The molecule has 9 heteroatoms. The second-order valence-electron chi connectivity index (χ2n) is 9.09. The van der Waals surface area contributed by atoms with Crippen LogP contribution in [0.25, 0.3) is 0 Å². The molecule has 0 unspecified atom stereocenters. The standard InChI is InChI=1S/C28H33ClN2O5S/c1-20-5-10-23(11-6-20)31(37(32,33)25-12-8-22(29)9-13-25)24-15-17-30(18-16-24)19-21-7-14-26(34-2)28(36-4)27(21)35-3/h5-14,24H,15-19H2,1-4H3. The summed E-state index contributed by atoms with van der Waals surface area (Å²) in [6, 6.07) is 17.7. The number of methoxy groups -OCH3 is 3. The number of halogens is 1. The molecule has 1 aliphatic heterocycles. The van der Waals surface area contributed by atoms with Crippen LogP contribution in [0, 0.1) is 6.92 Å². The Kier molecular flexibility index (Phi) is 8.52. The maximum Gasteiger partial charge on any atom is 0.264 e. The number of aryl methyl sites for hydroxylation is 1. The molecule has 1 heterocycles. The van der Waals surface area contributed by atoms with Crippen molar-refractivity contribution < 1.29 is 22.6 Å². The number of ether oxygens (including phenoxy) is 3. The van der Waals surface area contributed by atoms with E-state index in [-0.39, 0.29) is 10.9 Å². The Hall–Kier alpha value is -2.94. The van der Waals surface area contributed by atoms with Crippen molar-refractivity contribution in [3.05, 3.63) is 76.8 Å². The number of piperidine rings is 1. The Balaban J connectivity index is 1.57. The molecular formula is C28H33ClN2O5S. The van der Waals surface area contributed by atoms with Gasteiger partial charge in [-0.15, -0.1) is 0 Å². The zero-order valence-corrected chi connectivity index (χ0v) is 23.2. The van der Waals surface area contributed by atoms with Crippen LogP contribution < -0.4 is 18.5 Å². The summed E-state index contributed by atoms with van der Waals surface area (Å²) in [4.78, 5) is 2.54. The predicted molar refractivity (Wildman–Crippen MR) is 147 cm³/mol. The van der Waals surface area contributed by atoms with E-state index < -0.39 is 10.0 Å². The lowest BCUT2D eigenvalue weighted by Gasteiger charge is -2.39. The van der Waals surface area contributed by atoms with Crippen LogP contribution in [-0.2, 0) is 16.6 Å². The van der Waals surface area contributed by atoms with Crippen molar-refractivity contribution in [2.24, 2.45) is 0 Å². The molecule has 0 atom stereocenters. The van der Waals surface area contributed by atoms with Crippen molar-refractivity contribution in [1.29, 1.82) is 0 Å². The third-order valence-corrected chi connectivity index (χ3v) is 8.87. The first-order chi connectivity index (χ1) is 17.8.